The second-order valence-electron chi connectivity index (χ2n) is 3.32. The van der Waals surface area contributed by atoms with Crippen molar-refractivity contribution in [1.82, 2.24) is 0 Å². The quantitative estimate of drug-likeness (QED) is 0.647. The average molecular weight is 199 g/mol. The summed E-state index contributed by atoms with van der Waals surface area (Å²) in [5.41, 5.74) is 2.69. The van der Waals surface area contributed by atoms with Crippen molar-refractivity contribution >= 4 is 5.57 Å². The van der Waals surface area contributed by atoms with E-state index in [1.807, 2.05) is 25.1 Å². The van der Waals surface area contributed by atoms with Gasteiger partial charge in [0.15, 0.2) is 11.5 Å². The van der Waals surface area contributed by atoms with Crippen molar-refractivity contribution in [2.45, 2.75) is 6.92 Å². The monoisotopic (exact) mass is 199 g/mol. The van der Waals surface area contributed by atoms with Crippen LogP contribution < -0.4 is 9.47 Å². The van der Waals surface area contributed by atoms with Crippen LogP contribution in [0.1, 0.15) is 12.5 Å². The lowest BCUT2D eigenvalue weighted by Crippen LogP contribution is -1.92. The van der Waals surface area contributed by atoms with Crippen LogP contribution in [0.2, 0.25) is 0 Å². The van der Waals surface area contributed by atoms with E-state index in [2.05, 4.69) is 12.8 Å². The zero-order chi connectivity index (χ0) is 10.8. The van der Waals surface area contributed by atoms with Gasteiger partial charge in [0, 0.05) is 5.57 Å². The van der Waals surface area contributed by atoms with Crippen LogP contribution in [0.15, 0.2) is 23.8 Å². The second kappa shape index (κ2) is 3.70. The van der Waals surface area contributed by atoms with E-state index < -0.39 is 0 Å². The number of hydrogen-bond acceptors (Lipinski definition) is 2. The predicted octanol–water partition coefficient (Wildman–Crippen LogP) is 2.66. The molecule has 1 radical (unpaired) electrons. The molecule has 0 spiro atoms. The van der Waals surface area contributed by atoms with Gasteiger partial charge in [-0.15, -0.1) is 6.42 Å². The second-order valence-corrected chi connectivity index (χ2v) is 3.32. The van der Waals surface area contributed by atoms with Crippen molar-refractivity contribution in [3.8, 4) is 23.8 Å². The molecule has 0 atom stereocenters. The summed E-state index contributed by atoms with van der Waals surface area (Å²) in [5.74, 6) is 4.06. The molecule has 0 N–H and O–H groups in total. The van der Waals surface area contributed by atoms with Crippen molar-refractivity contribution < 1.29 is 9.47 Å². The molecule has 15 heavy (non-hydrogen) atoms. The molecule has 2 heteroatoms. The van der Waals surface area contributed by atoms with Gasteiger partial charge in [0.1, 0.15) is 0 Å². The van der Waals surface area contributed by atoms with Crippen LogP contribution in [0.4, 0.5) is 0 Å². The number of benzene rings is 1. The van der Waals surface area contributed by atoms with E-state index in [0.29, 0.717) is 5.57 Å². The van der Waals surface area contributed by atoms with Crippen LogP contribution in [0.5, 0.6) is 11.5 Å². The maximum Gasteiger partial charge on any atom is 0.231 e. The van der Waals surface area contributed by atoms with Gasteiger partial charge in [0.2, 0.25) is 6.79 Å². The Kier molecular flexibility index (Phi) is 2.39. The highest BCUT2D eigenvalue weighted by atomic mass is 16.7. The highest BCUT2D eigenvalue weighted by Gasteiger charge is 2.13. The molecule has 2 rings (SSSR count). The smallest absolute Gasteiger partial charge is 0.231 e. The highest BCUT2D eigenvalue weighted by Crippen LogP contribution is 2.34. The summed E-state index contributed by atoms with van der Waals surface area (Å²) < 4.78 is 10.5. The van der Waals surface area contributed by atoms with Crippen LogP contribution in [0, 0.1) is 19.3 Å². The Labute approximate surface area is 89.5 Å². The van der Waals surface area contributed by atoms with E-state index in [9.17, 15) is 0 Å². The number of terminal acetylenes is 1. The molecule has 1 aliphatic heterocycles. The third kappa shape index (κ3) is 1.69. The standard InChI is InChI=1S/C13H11O2/c1-4-9(2)10(3)11-5-6-12-13(7-11)15-8-14-12/h1,5-7H,2,8H2,3H3/b10-9-. The van der Waals surface area contributed by atoms with Crippen molar-refractivity contribution in [2.24, 2.45) is 0 Å². The Bertz CT molecular complexity index is 464. The summed E-state index contributed by atoms with van der Waals surface area (Å²) in [5, 5.41) is 0. The lowest BCUT2D eigenvalue weighted by Gasteiger charge is -2.04. The normalized spacial score (nSPS) is 14.5. The first-order chi connectivity index (χ1) is 7.22. The van der Waals surface area contributed by atoms with Crippen molar-refractivity contribution in [2.75, 3.05) is 6.79 Å². The third-order valence-corrected chi connectivity index (χ3v) is 2.43. The predicted molar refractivity (Wildman–Crippen MR) is 59.3 cm³/mol. The van der Waals surface area contributed by atoms with Crippen LogP contribution in [-0.2, 0) is 0 Å². The molecular weight excluding hydrogens is 188 g/mol. The topological polar surface area (TPSA) is 18.5 Å². The van der Waals surface area contributed by atoms with E-state index in [4.69, 9.17) is 15.9 Å². The van der Waals surface area contributed by atoms with Crippen LogP contribution >= 0.6 is 0 Å². The van der Waals surface area contributed by atoms with Gasteiger partial charge in [-0.1, -0.05) is 12.0 Å². The Morgan fingerprint density at radius 2 is 2.13 bits per heavy atom. The third-order valence-electron chi connectivity index (χ3n) is 2.43. The zero-order valence-corrected chi connectivity index (χ0v) is 8.54. The fourth-order valence-electron chi connectivity index (χ4n) is 1.41. The van der Waals surface area contributed by atoms with Gasteiger partial charge in [0.05, 0.1) is 0 Å². The zero-order valence-electron chi connectivity index (χ0n) is 8.54. The van der Waals surface area contributed by atoms with Gasteiger partial charge < -0.3 is 9.47 Å². The van der Waals surface area contributed by atoms with Crippen LogP contribution in [-0.4, -0.2) is 6.79 Å². The van der Waals surface area contributed by atoms with E-state index >= 15 is 0 Å². The number of rotatable bonds is 1. The molecule has 0 saturated heterocycles. The van der Waals surface area contributed by atoms with Gasteiger partial charge in [0.25, 0.3) is 0 Å². The van der Waals surface area contributed by atoms with E-state index in [0.717, 1.165) is 22.6 Å². The minimum absolute atomic E-state index is 0.286. The average Bonchev–Trinajstić information content (AvgIpc) is 2.73. The van der Waals surface area contributed by atoms with E-state index in [-0.39, 0.29) is 6.79 Å². The fraction of sp³-hybridized carbons (Fsp3) is 0.154. The van der Waals surface area contributed by atoms with Crippen molar-refractivity contribution in [3.63, 3.8) is 0 Å². The first kappa shape index (κ1) is 9.67. The lowest BCUT2D eigenvalue weighted by molar-refractivity contribution is 0.174. The minimum Gasteiger partial charge on any atom is -0.454 e. The Morgan fingerprint density at radius 1 is 1.40 bits per heavy atom. The molecule has 0 fully saturated rings. The first-order valence-corrected chi connectivity index (χ1v) is 4.62. The number of allylic oxidation sites excluding steroid dienone is 2. The lowest BCUT2D eigenvalue weighted by atomic mass is 10.0. The van der Waals surface area contributed by atoms with Crippen LogP contribution in [0.25, 0.3) is 5.57 Å². The van der Waals surface area contributed by atoms with Gasteiger partial charge in [-0.2, -0.15) is 0 Å². The molecule has 2 nitrogen and oxygen atoms in total. The molecule has 1 aromatic carbocycles. The number of fused-ring (bicyclic) bond motifs is 1. The molecule has 0 unspecified atom stereocenters. The van der Waals surface area contributed by atoms with Gasteiger partial charge in [-0.25, -0.2) is 0 Å². The summed E-state index contributed by atoms with van der Waals surface area (Å²) in [6.07, 6.45) is 5.30. The Hall–Kier alpha value is -1.88. The summed E-state index contributed by atoms with van der Waals surface area (Å²) in [6, 6.07) is 5.75. The summed E-state index contributed by atoms with van der Waals surface area (Å²) in [6.45, 7) is 6.03. The highest BCUT2D eigenvalue weighted by molar-refractivity contribution is 5.73. The summed E-state index contributed by atoms with van der Waals surface area (Å²) in [4.78, 5) is 0. The molecule has 0 aliphatic carbocycles. The maximum atomic E-state index is 5.30. The molecule has 0 aromatic heterocycles. The molecule has 1 heterocycles. The molecular formula is C13H11O2. The Balaban J connectivity index is 2.44. The molecule has 0 bridgehead atoms. The molecule has 0 amide bonds. The van der Waals surface area contributed by atoms with Gasteiger partial charge in [-0.3, -0.25) is 0 Å². The molecule has 1 aliphatic rings. The number of hydrogen-bond donors (Lipinski definition) is 0. The van der Waals surface area contributed by atoms with Crippen molar-refractivity contribution in [3.05, 3.63) is 36.3 Å². The van der Waals surface area contributed by atoms with Crippen molar-refractivity contribution in [1.29, 1.82) is 0 Å². The Morgan fingerprint density at radius 3 is 2.87 bits per heavy atom. The van der Waals surface area contributed by atoms with Gasteiger partial charge in [-0.05, 0) is 37.1 Å². The fourth-order valence-corrected chi connectivity index (χ4v) is 1.41. The first-order valence-electron chi connectivity index (χ1n) is 4.62. The van der Waals surface area contributed by atoms with E-state index in [1.54, 1.807) is 0 Å². The SMILES string of the molecule is C#C/C([CH2])=C(/C)c1ccc2c(c1)OCO2. The van der Waals surface area contributed by atoms with E-state index in [1.165, 1.54) is 0 Å². The largest absolute Gasteiger partial charge is 0.454 e. The summed E-state index contributed by atoms with van der Waals surface area (Å²) in [7, 11) is 0. The minimum atomic E-state index is 0.286. The summed E-state index contributed by atoms with van der Waals surface area (Å²) >= 11 is 0. The van der Waals surface area contributed by atoms with Gasteiger partial charge >= 0.3 is 0 Å². The number of ether oxygens (including phenoxy) is 2. The molecule has 0 saturated carbocycles. The maximum absolute atomic E-state index is 5.30. The molecule has 75 valence electrons. The van der Waals surface area contributed by atoms with Crippen LogP contribution in [0.3, 0.4) is 0 Å². The molecule has 1 aromatic rings.